The third-order valence-corrected chi connectivity index (χ3v) is 5.01. The van der Waals surface area contributed by atoms with Crippen molar-refractivity contribution in [2.24, 2.45) is 0 Å². The molecule has 0 heterocycles. The van der Waals surface area contributed by atoms with Crippen LogP contribution in [0.1, 0.15) is 49.3 Å². The van der Waals surface area contributed by atoms with Gasteiger partial charge in [-0.2, -0.15) is 13.2 Å². The fraction of sp³-hybridized carbons (Fsp3) is 0.435. The number of hydrogen-bond donors (Lipinski definition) is 2. The zero-order valence-electron chi connectivity index (χ0n) is 17.3. The Morgan fingerprint density at radius 2 is 1.61 bits per heavy atom. The predicted octanol–water partition coefficient (Wildman–Crippen LogP) is 6.27. The number of aryl methyl sites for hydroxylation is 2. The molecule has 0 aliphatic heterocycles. The SMILES string of the molecule is CCCCC[C@@H](F)[C@@H](F)C(=O)Nc1ccc(CCc2ccc(C(F)(F)F)cc2)cc1N. The van der Waals surface area contributed by atoms with Gasteiger partial charge in [0, 0.05) is 0 Å². The van der Waals surface area contributed by atoms with Gasteiger partial charge in [-0.1, -0.05) is 44.4 Å². The average Bonchev–Trinajstić information content (AvgIpc) is 2.73. The first-order valence-corrected chi connectivity index (χ1v) is 10.3. The van der Waals surface area contributed by atoms with Crippen LogP contribution in [0.15, 0.2) is 42.5 Å². The fourth-order valence-electron chi connectivity index (χ4n) is 3.13. The van der Waals surface area contributed by atoms with Crippen LogP contribution in [0.5, 0.6) is 0 Å². The van der Waals surface area contributed by atoms with Crippen molar-refractivity contribution < 1.29 is 26.7 Å². The fourth-order valence-corrected chi connectivity index (χ4v) is 3.13. The smallest absolute Gasteiger partial charge is 0.397 e. The number of carbonyl (C=O) groups excluding carboxylic acids is 1. The molecule has 3 N–H and O–H groups in total. The second-order valence-electron chi connectivity index (χ2n) is 7.52. The number of rotatable bonds is 10. The molecule has 0 spiro atoms. The van der Waals surface area contributed by atoms with Gasteiger partial charge in [0.2, 0.25) is 6.17 Å². The highest BCUT2D eigenvalue weighted by molar-refractivity contribution is 5.97. The molecule has 0 aromatic heterocycles. The summed E-state index contributed by atoms with van der Waals surface area (Å²) in [6, 6.07) is 9.71. The van der Waals surface area contributed by atoms with Gasteiger partial charge in [-0.15, -0.1) is 0 Å². The molecule has 2 aromatic rings. The minimum Gasteiger partial charge on any atom is -0.397 e. The molecule has 1 amide bonds. The quantitative estimate of drug-likeness (QED) is 0.259. The highest BCUT2D eigenvalue weighted by atomic mass is 19.4. The van der Waals surface area contributed by atoms with Crippen molar-refractivity contribution in [2.45, 2.75) is 64.0 Å². The lowest BCUT2D eigenvalue weighted by Crippen LogP contribution is -2.32. The van der Waals surface area contributed by atoms with E-state index in [1.807, 2.05) is 6.92 Å². The number of hydrogen-bond acceptors (Lipinski definition) is 2. The molecular weight excluding hydrogens is 415 g/mol. The van der Waals surface area contributed by atoms with E-state index < -0.39 is 30.0 Å². The zero-order valence-corrected chi connectivity index (χ0v) is 17.3. The van der Waals surface area contributed by atoms with E-state index in [0.717, 1.165) is 36.1 Å². The summed E-state index contributed by atoms with van der Waals surface area (Å²) in [5.74, 6) is -1.08. The first kappa shape index (κ1) is 24.6. The molecule has 0 aliphatic carbocycles. The molecule has 31 heavy (non-hydrogen) atoms. The van der Waals surface area contributed by atoms with Gasteiger partial charge in [0.15, 0.2) is 0 Å². The lowest BCUT2D eigenvalue weighted by molar-refractivity contribution is -0.137. The van der Waals surface area contributed by atoms with Crippen LogP contribution >= 0.6 is 0 Å². The second-order valence-corrected chi connectivity index (χ2v) is 7.52. The van der Waals surface area contributed by atoms with Crippen LogP contribution in [0.25, 0.3) is 0 Å². The molecule has 3 nitrogen and oxygen atoms in total. The molecule has 8 heteroatoms. The van der Waals surface area contributed by atoms with Crippen LogP contribution in [0, 0.1) is 0 Å². The molecule has 0 saturated carbocycles. The lowest BCUT2D eigenvalue weighted by atomic mass is 10.0. The summed E-state index contributed by atoms with van der Waals surface area (Å²) in [5.41, 5.74) is 7.15. The van der Waals surface area contributed by atoms with Crippen molar-refractivity contribution in [2.75, 3.05) is 11.1 Å². The third kappa shape index (κ3) is 7.52. The summed E-state index contributed by atoms with van der Waals surface area (Å²) in [6.07, 6.45) is -5.35. The molecule has 0 radical (unpaired) electrons. The van der Waals surface area contributed by atoms with Gasteiger partial charge in [-0.25, -0.2) is 8.78 Å². The van der Waals surface area contributed by atoms with E-state index in [9.17, 15) is 26.7 Å². The van der Waals surface area contributed by atoms with Crippen LogP contribution in [-0.2, 0) is 23.8 Å². The third-order valence-electron chi connectivity index (χ3n) is 5.01. The van der Waals surface area contributed by atoms with Gasteiger partial charge >= 0.3 is 6.18 Å². The van der Waals surface area contributed by atoms with Crippen molar-refractivity contribution in [3.8, 4) is 0 Å². The molecule has 0 fully saturated rings. The van der Waals surface area contributed by atoms with Gasteiger partial charge in [0.05, 0.1) is 16.9 Å². The van der Waals surface area contributed by atoms with Gasteiger partial charge in [0.1, 0.15) is 6.17 Å². The maximum Gasteiger partial charge on any atom is 0.416 e. The number of unbranched alkanes of at least 4 members (excludes halogenated alkanes) is 2. The van der Waals surface area contributed by atoms with E-state index >= 15 is 0 Å². The van der Waals surface area contributed by atoms with Crippen LogP contribution < -0.4 is 11.1 Å². The number of nitrogens with one attached hydrogen (secondary N) is 1. The number of nitrogen functional groups attached to an aromatic ring is 1. The summed E-state index contributed by atoms with van der Waals surface area (Å²) in [4.78, 5) is 12.0. The van der Waals surface area contributed by atoms with Crippen LogP contribution in [-0.4, -0.2) is 18.3 Å². The standard InChI is InChI=1S/C23H27F5N2O/c1-2-3-4-5-18(24)21(25)22(31)30-20-13-10-16(14-19(20)29)7-6-15-8-11-17(12-9-15)23(26,27)28/h8-14,18,21H,2-7,29H2,1H3,(H,30,31)/t18-,21-/m1/s1. The number of benzene rings is 2. The molecule has 170 valence electrons. The van der Waals surface area contributed by atoms with Crippen LogP contribution in [0.3, 0.4) is 0 Å². The first-order chi connectivity index (χ1) is 14.6. The Morgan fingerprint density at radius 1 is 1.00 bits per heavy atom. The van der Waals surface area contributed by atoms with Gasteiger partial charge < -0.3 is 11.1 Å². The van der Waals surface area contributed by atoms with E-state index in [1.54, 1.807) is 12.1 Å². The number of anilines is 2. The Bertz CT molecular complexity index is 852. The maximum atomic E-state index is 14.0. The lowest BCUT2D eigenvalue weighted by Gasteiger charge is -2.15. The van der Waals surface area contributed by atoms with Gasteiger partial charge in [-0.05, 0) is 54.7 Å². The van der Waals surface area contributed by atoms with Crippen LogP contribution in [0.2, 0.25) is 0 Å². The maximum absolute atomic E-state index is 14.0. The molecule has 0 saturated heterocycles. The highest BCUT2D eigenvalue weighted by Crippen LogP contribution is 2.29. The second kappa shape index (κ2) is 11.1. The predicted molar refractivity (Wildman–Crippen MR) is 112 cm³/mol. The minimum absolute atomic E-state index is 0.0131. The van der Waals surface area contributed by atoms with E-state index in [0.29, 0.717) is 19.3 Å². The Labute approximate surface area is 178 Å². The monoisotopic (exact) mass is 442 g/mol. The first-order valence-electron chi connectivity index (χ1n) is 10.3. The molecule has 2 rings (SSSR count). The number of nitrogens with two attached hydrogens (primary N) is 1. The van der Waals surface area contributed by atoms with Crippen molar-refractivity contribution in [3.63, 3.8) is 0 Å². The molecule has 2 atom stereocenters. The summed E-state index contributed by atoms with van der Waals surface area (Å²) in [5, 5.41) is 2.32. The topological polar surface area (TPSA) is 55.1 Å². The number of alkyl halides is 5. The van der Waals surface area contributed by atoms with Crippen molar-refractivity contribution >= 4 is 17.3 Å². The Morgan fingerprint density at radius 3 is 2.19 bits per heavy atom. The summed E-state index contributed by atoms with van der Waals surface area (Å²) in [7, 11) is 0. The largest absolute Gasteiger partial charge is 0.416 e. The van der Waals surface area contributed by atoms with Gasteiger partial charge in [-0.3, -0.25) is 4.79 Å². The minimum atomic E-state index is -4.37. The van der Waals surface area contributed by atoms with E-state index in [4.69, 9.17) is 5.73 Å². The zero-order chi connectivity index (χ0) is 23.0. The van der Waals surface area contributed by atoms with Crippen molar-refractivity contribution in [1.29, 1.82) is 0 Å². The van der Waals surface area contributed by atoms with E-state index in [2.05, 4.69) is 5.32 Å². The van der Waals surface area contributed by atoms with Crippen LogP contribution in [0.4, 0.5) is 33.3 Å². The van der Waals surface area contributed by atoms with Crippen molar-refractivity contribution in [1.82, 2.24) is 0 Å². The molecule has 0 bridgehead atoms. The average molecular weight is 442 g/mol. The Hall–Kier alpha value is -2.64. The Kier molecular flexibility index (Phi) is 8.83. The van der Waals surface area contributed by atoms with Gasteiger partial charge in [0.25, 0.3) is 5.91 Å². The molecule has 2 aromatic carbocycles. The number of amides is 1. The number of carbonyl (C=O) groups is 1. The molecule has 0 unspecified atom stereocenters. The number of halogens is 5. The van der Waals surface area contributed by atoms with Crippen molar-refractivity contribution in [3.05, 3.63) is 59.2 Å². The summed E-state index contributed by atoms with van der Waals surface area (Å²) >= 11 is 0. The Balaban J connectivity index is 1.91. The summed E-state index contributed by atoms with van der Waals surface area (Å²) < 4.78 is 65.7. The molecule has 0 aliphatic rings. The molecular formula is C23H27F5N2O. The summed E-state index contributed by atoms with van der Waals surface area (Å²) in [6.45, 7) is 1.95. The normalized spacial score (nSPS) is 13.6. The highest BCUT2D eigenvalue weighted by Gasteiger charge is 2.30. The van der Waals surface area contributed by atoms with E-state index in [1.165, 1.54) is 18.2 Å². The van der Waals surface area contributed by atoms with E-state index in [-0.39, 0.29) is 17.8 Å².